The molecule has 0 aliphatic heterocycles. The predicted molar refractivity (Wildman–Crippen MR) is 101 cm³/mol. The molecule has 3 N–H and O–H groups in total. The van der Waals surface area contributed by atoms with E-state index in [0.717, 1.165) is 16.6 Å². The number of halogens is 2. The highest BCUT2D eigenvalue weighted by Crippen LogP contribution is 2.18. The highest BCUT2D eigenvalue weighted by Gasteiger charge is 2.06. The summed E-state index contributed by atoms with van der Waals surface area (Å²) >= 11 is 0. The zero-order valence-corrected chi connectivity index (χ0v) is 14.8. The summed E-state index contributed by atoms with van der Waals surface area (Å²) < 4.78 is 27.2. The SMILES string of the molecule is Cc1cc2cc(F)ccc2n1N.O=C(O)c1cnc(-c2cccc(F)c2)nc1. The van der Waals surface area contributed by atoms with E-state index in [4.69, 9.17) is 10.9 Å². The summed E-state index contributed by atoms with van der Waals surface area (Å²) in [6, 6.07) is 12.2. The van der Waals surface area contributed by atoms with Crippen LogP contribution in [0, 0.1) is 18.6 Å². The number of nitrogens with two attached hydrogens (primary N) is 1. The Morgan fingerprint density at radius 2 is 1.71 bits per heavy atom. The first-order valence-corrected chi connectivity index (χ1v) is 8.19. The maximum absolute atomic E-state index is 12.9. The lowest BCUT2D eigenvalue weighted by Crippen LogP contribution is -2.08. The molecule has 2 aromatic carbocycles. The fraction of sp³-hybridized carbons (Fsp3) is 0.0500. The van der Waals surface area contributed by atoms with E-state index in [0.29, 0.717) is 11.4 Å². The van der Waals surface area contributed by atoms with E-state index in [1.165, 1.54) is 36.7 Å². The standard InChI is InChI=1S/C11H7FN2O2.C9H9FN2/c12-9-3-1-2-7(4-9)10-13-5-8(6-14-10)11(15)16;1-6-4-7-5-8(10)2-3-9(7)12(6)11/h1-6H,(H,15,16);2-5H,11H2,1H3. The van der Waals surface area contributed by atoms with Crippen LogP contribution < -0.4 is 5.84 Å². The Balaban J connectivity index is 0.000000167. The van der Waals surface area contributed by atoms with Crippen molar-refractivity contribution in [1.29, 1.82) is 0 Å². The molecule has 4 aromatic rings. The number of rotatable bonds is 2. The van der Waals surface area contributed by atoms with Crippen molar-refractivity contribution in [3.63, 3.8) is 0 Å². The lowest BCUT2D eigenvalue weighted by molar-refractivity contribution is 0.0696. The molecule has 0 aliphatic rings. The van der Waals surface area contributed by atoms with Gasteiger partial charge in [0.25, 0.3) is 0 Å². The molecule has 0 amide bonds. The molecule has 142 valence electrons. The first kappa shape index (κ1) is 19.0. The monoisotopic (exact) mass is 382 g/mol. The average Bonchev–Trinajstić information content (AvgIpc) is 2.95. The molecule has 6 nitrogen and oxygen atoms in total. The number of nitrogen functional groups attached to an aromatic ring is 1. The van der Waals surface area contributed by atoms with Gasteiger partial charge >= 0.3 is 5.97 Å². The second kappa shape index (κ2) is 7.83. The molecule has 28 heavy (non-hydrogen) atoms. The second-order valence-electron chi connectivity index (χ2n) is 5.97. The number of aryl methyl sites for hydroxylation is 1. The highest BCUT2D eigenvalue weighted by molar-refractivity contribution is 5.86. The molecule has 2 heterocycles. The number of carbonyl (C=O) groups is 1. The molecule has 8 heteroatoms. The first-order chi connectivity index (χ1) is 13.3. The third kappa shape index (κ3) is 4.12. The van der Waals surface area contributed by atoms with Gasteiger partial charge in [-0.25, -0.2) is 23.5 Å². The van der Waals surface area contributed by atoms with Crippen molar-refractivity contribution in [2.24, 2.45) is 0 Å². The number of aromatic nitrogens is 3. The molecule has 0 saturated carbocycles. The van der Waals surface area contributed by atoms with Crippen molar-refractivity contribution < 1.29 is 18.7 Å². The maximum Gasteiger partial charge on any atom is 0.338 e. The van der Waals surface area contributed by atoms with Crippen molar-refractivity contribution >= 4 is 16.9 Å². The van der Waals surface area contributed by atoms with E-state index in [2.05, 4.69) is 9.97 Å². The maximum atomic E-state index is 12.9. The molecule has 0 atom stereocenters. The number of hydrogen-bond donors (Lipinski definition) is 2. The Morgan fingerprint density at radius 1 is 1.04 bits per heavy atom. The van der Waals surface area contributed by atoms with Gasteiger partial charge in [-0.3, -0.25) is 4.68 Å². The van der Waals surface area contributed by atoms with Crippen LogP contribution in [0.2, 0.25) is 0 Å². The van der Waals surface area contributed by atoms with Gasteiger partial charge in [0.15, 0.2) is 5.82 Å². The van der Waals surface area contributed by atoms with Crippen molar-refractivity contribution in [2.75, 3.05) is 5.84 Å². The molecule has 4 rings (SSSR count). The molecular weight excluding hydrogens is 366 g/mol. The molecule has 0 bridgehead atoms. The molecule has 0 unspecified atom stereocenters. The van der Waals surface area contributed by atoms with Gasteiger partial charge < -0.3 is 10.9 Å². The van der Waals surface area contributed by atoms with Gasteiger partial charge in [0.1, 0.15) is 11.6 Å². The fourth-order valence-corrected chi connectivity index (χ4v) is 2.56. The Labute approximate surface area is 158 Å². The zero-order valence-electron chi connectivity index (χ0n) is 14.8. The Morgan fingerprint density at radius 3 is 2.36 bits per heavy atom. The van der Waals surface area contributed by atoms with Crippen LogP contribution in [0.25, 0.3) is 22.3 Å². The summed E-state index contributed by atoms with van der Waals surface area (Å²) in [5, 5.41) is 9.49. The Hall–Kier alpha value is -3.81. The van der Waals surface area contributed by atoms with Crippen molar-refractivity contribution in [2.45, 2.75) is 6.92 Å². The van der Waals surface area contributed by atoms with E-state index >= 15 is 0 Å². The van der Waals surface area contributed by atoms with Gasteiger partial charge in [0.2, 0.25) is 0 Å². The largest absolute Gasteiger partial charge is 0.478 e. The number of nitrogens with zero attached hydrogens (tertiary/aromatic N) is 3. The summed E-state index contributed by atoms with van der Waals surface area (Å²) in [5.74, 6) is 4.27. The van der Waals surface area contributed by atoms with Gasteiger partial charge in [0.05, 0.1) is 11.1 Å². The normalized spacial score (nSPS) is 10.4. The van der Waals surface area contributed by atoms with E-state index in [9.17, 15) is 13.6 Å². The Bertz CT molecular complexity index is 1140. The highest BCUT2D eigenvalue weighted by atomic mass is 19.1. The lowest BCUT2D eigenvalue weighted by Gasteiger charge is -2.00. The molecule has 0 spiro atoms. The van der Waals surface area contributed by atoms with Crippen LogP contribution in [0.3, 0.4) is 0 Å². The third-order valence-corrected chi connectivity index (χ3v) is 3.98. The minimum absolute atomic E-state index is 0.000142. The van der Waals surface area contributed by atoms with Crippen LogP contribution in [0.1, 0.15) is 16.1 Å². The van der Waals surface area contributed by atoms with E-state index in [1.54, 1.807) is 22.9 Å². The first-order valence-electron chi connectivity index (χ1n) is 8.19. The quantitative estimate of drug-likeness (QED) is 0.515. The number of benzene rings is 2. The smallest absolute Gasteiger partial charge is 0.338 e. The van der Waals surface area contributed by atoms with Crippen LogP contribution >= 0.6 is 0 Å². The summed E-state index contributed by atoms with van der Waals surface area (Å²) in [6.07, 6.45) is 2.38. The zero-order chi connectivity index (χ0) is 20.3. The number of fused-ring (bicyclic) bond motifs is 1. The fourth-order valence-electron chi connectivity index (χ4n) is 2.56. The van der Waals surface area contributed by atoms with E-state index < -0.39 is 5.97 Å². The topological polar surface area (TPSA) is 94.0 Å². The van der Waals surface area contributed by atoms with Gasteiger partial charge in [-0.05, 0) is 43.3 Å². The van der Waals surface area contributed by atoms with Crippen LogP contribution in [-0.4, -0.2) is 25.7 Å². The second-order valence-corrected chi connectivity index (χ2v) is 5.97. The molecule has 0 aliphatic carbocycles. The van der Waals surface area contributed by atoms with Gasteiger partial charge in [-0.15, -0.1) is 0 Å². The van der Waals surface area contributed by atoms with Crippen LogP contribution in [-0.2, 0) is 0 Å². The summed E-state index contributed by atoms with van der Waals surface area (Å²) in [6.45, 7) is 1.89. The van der Waals surface area contributed by atoms with Crippen molar-refractivity contribution in [1.82, 2.24) is 14.6 Å². The minimum atomic E-state index is -1.09. The van der Waals surface area contributed by atoms with E-state index in [-0.39, 0.29) is 17.2 Å². The van der Waals surface area contributed by atoms with Crippen LogP contribution in [0.5, 0.6) is 0 Å². The molecule has 2 aromatic heterocycles. The number of aromatic carboxylic acids is 1. The predicted octanol–water partition coefficient (Wildman–Crippen LogP) is 3.78. The summed E-state index contributed by atoms with van der Waals surface area (Å²) in [4.78, 5) is 18.3. The van der Waals surface area contributed by atoms with E-state index in [1.807, 2.05) is 13.0 Å². The average molecular weight is 382 g/mol. The molecule has 0 radical (unpaired) electrons. The van der Waals surface area contributed by atoms with Crippen molar-refractivity contribution in [3.05, 3.63) is 83.8 Å². The van der Waals surface area contributed by atoms with Gasteiger partial charge in [-0.2, -0.15) is 0 Å². The molecular formula is C20H16F2N4O2. The van der Waals surface area contributed by atoms with Crippen molar-refractivity contribution in [3.8, 4) is 11.4 Å². The number of carboxylic acid groups (broad SMARTS) is 1. The van der Waals surface area contributed by atoms with Crippen LogP contribution in [0.4, 0.5) is 8.78 Å². The lowest BCUT2D eigenvalue weighted by atomic mass is 10.2. The minimum Gasteiger partial charge on any atom is -0.478 e. The Kier molecular flexibility index (Phi) is 5.30. The molecule has 0 fully saturated rings. The number of carboxylic acids is 1. The third-order valence-electron chi connectivity index (χ3n) is 3.98. The summed E-state index contributed by atoms with van der Waals surface area (Å²) in [7, 11) is 0. The molecule has 0 saturated heterocycles. The summed E-state index contributed by atoms with van der Waals surface area (Å²) in [5.41, 5.74) is 2.29. The van der Waals surface area contributed by atoms with Gasteiger partial charge in [-0.1, -0.05) is 12.1 Å². The van der Waals surface area contributed by atoms with Gasteiger partial charge in [0, 0.05) is 29.0 Å². The number of hydrogen-bond acceptors (Lipinski definition) is 4. The van der Waals surface area contributed by atoms with Crippen LogP contribution in [0.15, 0.2) is 60.9 Å².